The summed E-state index contributed by atoms with van der Waals surface area (Å²) in [4.78, 5) is 25.2. The van der Waals surface area contributed by atoms with Crippen LogP contribution in [0.15, 0.2) is 41.9 Å². The van der Waals surface area contributed by atoms with Gasteiger partial charge in [-0.3, -0.25) is 5.32 Å². The SMILES string of the molecule is O=C(Nc1cnc2ccc(-c3cc(Cl)c(O)c(Cl)c3)nc2n1)NC1CC=CS1. The van der Waals surface area contributed by atoms with Crippen molar-refractivity contribution in [3.8, 4) is 17.0 Å². The first-order valence-corrected chi connectivity index (χ1v) is 9.89. The first kappa shape index (κ1) is 18.8. The van der Waals surface area contributed by atoms with Crippen molar-refractivity contribution in [1.82, 2.24) is 20.3 Å². The van der Waals surface area contributed by atoms with E-state index in [2.05, 4.69) is 25.6 Å². The third-order valence-electron chi connectivity index (χ3n) is 3.94. The standard InChI is InChI=1S/C18H13Cl2N5O2S/c19-10-6-9(7-11(20)16(10)26)12-3-4-13-17(22-12)23-14(8-21-13)24-18(27)25-15-2-1-5-28-15/h1,3-8,15,26H,2H2,(H2,22,23,24,25,27). The van der Waals surface area contributed by atoms with Crippen LogP contribution < -0.4 is 10.6 Å². The normalized spacial score (nSPS) is 15.7. The Labute approximate surface area is 174 Å². The number of pyridine rings is 1. The monoisotopic (exact) mass is 433 g/mol. The number of anilines is 1. The number of carbonyl (C=O) groups is 1. The summed E-state index contributed by atoms with van der Waals surface area (Å²) in [6, 6.07) is 6.27. The lowest BCUT2D eigenvalue weighted by atomic mass is 10.1. The highest BCUT2D eigenvalue weighted by atomic mass is 35.5. The molecule has 2 aromatic heterocycles. The third kappa shape index (κ3) is 3.99. The van der Waals surface area contributed by atoms with Crippen LogP contribution in [0, 0.1) is 0 Å². The van der Waals surface area contributed by atoms with Crippen molar-refractivity contribution in [3.63, 3.8) is 0 Å². The highest BCUT2D eigenvalue weighted by molar-refractivity contribution is 8.02. The molecule has 142 valence electrons. The number of hydrogen-bond donors (Lipinski definition) is 3. The number of phenolic OH excluding ortho intramolecular Hbond substituents is 1. The molecule has 3 aromatic rings. The van der Waals surface area contributed by atoms with E-state index in [9.17, 15) is 9.90 Å². The van der Waals surface area contributed by atoms with Gasteiger partial charge in [0.25, 0.3) is 0 Å². The molecule has 10 heteroatoms. The Hall–Kier alpha value is -2.55. The molecule has 0 fully saturated rings. The quantitative estimate of drug-likeness (QED) is 0.548. The molecule has 0 bridgehead atoms. The van der Waals surface area contributed by atoms with Crippen LogP contribution in [-0.4, -0.2) is 31.5 Å². The van der Waals surface area contributed by atoms with E-state index in [1.807, 2.05) is 11.5 Å². The van der Waals surface area contributed by atoms with Crippen LogP contribution in [0.4, 0.5) is 10.6 Å². The summed E-state index contributed by atoms with van der Waals surface area (Å²) in [5.74, 6) is 0.105. The highest BCUT2D eigenvalue weighted by Gasteiger charge is 2.15. The zero-order chi connectivity index (χ0) is 19.7. The van der Waals surface area contributed by atoms with Crippen LogP contribution in [0.25, 0.3) is 22.4 Å². The van der Waals surface area contributed by atoms with Gasteiger partial charge in [0.15, 0.2) is 17.2 Å². The number of carbonyl (C=O) groups excluding carboxylic acids is 1. The van der Waals surface area contributed by atoms with E-state index in [0.29, 0.717) is 22.4 Å². The minimum absolute atomic E-state index is 0.0159. The van der Waals surface area contributed by atoms with Crippen molar-refractivity contribution in [2.24, 2.45) is 0 Å². The lowest BCUT2D eigenvalue weighted by Crippen LogP contribution is -2.34. The number of thioether (sulfide) groups is 1. The number of nitrogens with one attached hydrogen (secondary N) is 2. The van der Waals surface area contributed by atoms with Crippen molar-refractivity contribution >= 4 is 58.0 Å². The smallest absolute Gasteiger partial charge is 0.321 e. The second-order valence-corrected chi connectivity index (χ2v) is 7.84. The number of hydrogen-bond acceptors (Lipinski definition) is 6. The predicted molar refractivity (Wildman–Crippen MR) is 112 cm³/mol. The van der Waals surface area contributed by atoms with Gasteiger partial charge in [-0.25, -0.2) is 19.7 Å². The summed E-state index contributed by atoms with van der Waals surface area (Å²) in [6.07, 6.45) is 4.25. The molecule has 1 unspecified atom stereocenters. The minimum atomic E-state index is -0.358. The molecule has 1 aromatic carbocycles. The summed E-state index contributed by atoms with van der Waals surface area (Å²) in [6.45, 7) is 0. The topological polar surface area (TPSA) is 100 Å². The maximum absolute atomic E-state index is 12.1. The van der Waals surface area contributed by atoms with E-state index in [1.54, 1.807) is 36.0 Å². The fraction of sp³-hybridized carbons (Fsp3) is 0.111. The molecule has 4 rings (SSSR count). The number of urea groups is 1. The zero-order valence-electron chi connectivity index (χ0n) is 14.2. The fourth-order valence-corrected chi connectivity index (χ4v) is 3.91. The van der Waals surface area contributed by atoms with Crippen molar-refractivity contribution in [1.29, 1.82) is 0 Å². The summed E-state index contributed by atoms with van der Waals surface area (Å²) < 4.78 is 0. The van der Waals surface area contributed by atoms with Crippen molar-refractivity contribution in [3.05, 3.63) is 52.0 Å². The average molecular weight is 434 g/mol. The van der Waals surface area contributed by atoms with Gasteiger partial charge in [-0.1, -0.05) is 29.3 Å². The van der Waals surface area contributed by atoms with E-state index < -0.39 is 0 Å². The van der Waals surface area contributed by atoms with E-state index in [1.165, 1.54) is 6.20 Å². The van der Waals surface area contributed by atoms with Gasteiger partial charge in [0.2, 0.25) is 0 Å². The molecule has 1 atom stereocenters. The van der Waals surface area contributed by atoms with Gasteiger partial charge in [0.05, 0.1) is 27.3 Å². The van der Waals surface area contributed by atoms with Gasteiger partial charge in [0, 0.05) is 5.56 Å². The Morgan fingerprint density at radius 2 is 2.00 bits per heavy atom. The van der Waals surface area contributed by atoms with E-state index >= 15 is 0 Å². The number of aromatic nitrogens is 3. The van der Waals surface area contributed by atoms with Gasteiger partial charge in [0.1, 0.15) is 5.52 Å². The highest BCUT2D eigenvalue weighted by Crippen LogP contribution is 2.36. The molecule has 3 N–H and O–H groups in total. The largest absolute Gasteiger partial charge is 0.505 e. The number of rotatable bonds is 3. The van der Waals surface area contributed by atoms with Crippen LogP contribution in [0.3, 0.4) is 0 Å². The molecule has 1 aliphatic heterocycles. The molecule has 0 saturated carbocycles. The predicted octanol–water partition coefficient (Wildman–Crippen LogP) is 4.80. The molecular weight excluding hydrogens is 421 g/mol. The summed E-state index contributed by atoms with van der Waals surface area (Å²) in [5.41, 5.74) is 2.10. The number of fused-ring (bicyclic) bond motifs is 1. The Balaban J connectivity index is 1.59. The lowest BCUT2D eigenvalue weighted by molar-refractivity contribution is 0.251. The number of benzene rings is 1. The molecular formula is C18H13Cl2N5O2S. The van der Waals surface area contributed by atoms with E-state index in [4.69, 9.17) is 23.2 Å². The molecule has 2 amide bonds. The van der Waals surface area contributed by atoms with Crippen LogP contribution in [0.2, 0.25) is 10.0 Å². The number of nitrogens with zero attached hydrogens (tertiary/aromatic N) is 3. The second kappa shape index (κ2) is 7.83. The Morgan fingerprint density at radius 3 is 2.71 bits per heavy atom. The summed E-state index contributed by atoms with van der Waals surface area (Å²) in [5, 5.41) is 17.4. The maximum Gasteiger partial charge on any atom is 0.321 e. The molecule has 0 spiro atoms. The molecule has 1 aliphatic rings. The van der Waals surface area contributed by atoms with Crippen LogP contribution in [0.5, 0.6) is 5.75 Å². The first-order valence-electron chi connectivity index (χ1n) is 8.20. The van der Waals surface area contributed by atoms with Crippen LogP contribution in [0.1, 0.15) is 6.42 Å². The number of aromatic hydroxyl groups is 1. The van der Waals surface area contributed by atoms with Gasteiger partial charge >= 0.3 is 6.03 Å². The van der Waals surface area contributed by atoms with Crippen molar-refractivity contribution in [2.45, 2.75) is 11.8 Å². The molecule has 7 nitrogen and oxygen atoms in total. The maximum atomic E-state index is 12.1. The summed E-state index contributed by atoms with van der Waals surface area (Å²) in [7, 11) is 0. The molecule has 0 radical (unpaired) electrons. The van der Waals surface area contributed by atoms with Gasteiger partial charge in [-0.15, -0.1) is 11.8 Å². The van der Waals surface area contributed by atoms with Crippen molar-refractivity contribution in [2.75, 3.05) is 5.32 Å². The zero-order valence-corrected chi connectivity index (χ0v) is 16.5. The fourth-order valence-electron chi connectivity index (χ4n) is 2.61. The van der Waals surface area contributed by atoms with E-state index in [-0.39, 0.29) is 33.0 Å². The first-order chi connectivity index (χ1) is 13.5. The molecule has 28 heavy (non-hydrogen) atoms. The Morgan fingerprint density at radius 1 is 1.21 bits per heavy atom. The number of phenols is 1. The Bertz CT molecular complexity index is 1080. The second-order valence-electron chi connectivity index (χ2n) is 5.91. The van der Waals surface area contributed by atoms with Gasteiger partial charge in [-0.2, -0.15) is 0 Å². The number of halogens is 2. The van der Waals surface area contributed by atoms with E-state index in [0.717, 1.165) is 6.42 Å². The lowest BCUT2D eigenvalue weighted by Gasteiger charge is -2.12. The van der Waals surface area contributed by atoms with Crippen LogP contribution >= 0.6 is 35.0 Å². The molecule has 3 heterocycles. The number of amides is 2. The minimum Gasteiger partial charge on any atom is -0.505 e. The third-order valence-corrected chi connectivity index (χ3v) is 5.51. The average Bonchev–Trinajstić information content (AvgIpc) is 3.18. The van der Waals surface area contributed by atoms with Crippen LogP contribution in [-0.2, 0) is 0 Å². The van der Waals surface area contributed by atoms with Gasteiger partial charge < -0.3 is 10.4 Å². The van der Waals surface area contributed by atoms with Gasteiger partial charge in [-0.05, 0) is 36.1 Å². The van der Waals surface area contributed by atoms with Crippen molar-refractivity contribution < 1.29 is 9.90 Å². The molecule has 0 saturated heterocycles. The summed E-state index contributed by atoms with van der Waals surface area (Å²) >= 11 is 13.5. The molecule has 0 aliphatic carbocycles. The Kier molecular flexibility index (Phi) is 5.25.